The van der Waals surface area contributed by atoms with Crippen LogP contribution in [0.1, 0.15) is 26.1 Å². The molecular weight excluding hydrogens is 234 g/mol. The van der Waals surface area contributed by atoms with Gasteiger partial charge in [0.2, 0.25) is 0 Å². The summed E-state index contributed by atoms with van der Waals surface area (Å²) in [6, 6.07) is 2.03. The van der Waals surface area contributed by atoms with Crippen molar-refractivity contribution in [2.75, 3.05) is 25.1 Å². The van der Waals surface area contributed by atoms with E-state index in [1.807, 2.05) is 6.07 Å². The molecule has 0 aliphatic carbocycles. The summed E-state index contributed by atoms with van der Waals surface area (Å²) < 4.78 is 5.18. The Bertz CT molecular complexity index is 345. The first-order valence-corrected chi connectivity index (χ1v) is 7.06. The number of thioether (sulfide) groups is 1. The Morgan fingerprint density at radius 1 is 1.41 bits per heavy atom. The van der Waals surface area contributed by atoms with E-state index in [4.69, 9.17) is 4.74 Å². The lowest BCUT2D eigenvalue weighted by atomic mass is 10.3. The first kappa shape index (κ1) is 12.6. The average molecular weight is 253 g/mol. The molecule has 2 heterocycles. The monoisotopic (exact) mass is 253 g/mol. The highest BCUT2D eigenvalue weighted by Crippen LogP contribution is 2.27. The molecule has 0 radical (unpaired) electrons. The molecule has 1 N–H and O–H groups in total. The largest absolute Gasteiger partial charge is 0.379 e. The van der Waals surface area contributed by atoms with Crippen LogP contribution in [0.2, 0.25) is 0 Å². The Morgan fingerprint density at radius 3 is 2.82 bits per heavy atom. The van der Waals surface area contributed by atoms with Gasteiger partial charge in [-0.05, 0) is 13.3 Å². The van der Waals surface area contributed by atoms with Crippen molar-refractivity contribution < 1.29 is 4.74 Å². The van der Waals surface area contributed by atoms with Crippen LogP contribution in [0.15, 0.2) is 11.1 Å². The molecule has 1 aromatic rings. The van der Waals surface area contributed by atoms with Crippen molar-refractivity contribution in [3.63, 3.8) is 0 Å². The molecule has 4 nitrogen and oxygen atoms in total. The first-order chi connectivity index (χ1) is 8.31. The van der Waals surface area contributed by atoms with Crippen LogP contribution in [0.5, 0.6) is 0 Å². The fourth-order valence-electron chi connectivity index (χ4n) is 1.59. The predicted octanol–water partition coefficient (Wildman–Crippen LogP) is 2.35. The van der Waals surface area contributed by atoms with Crippen molar-refractivity contribution in [2.24, 2.45) is 0 Å². The maximum Gasteiger partial charge on any atom is 0.132 e. The van der Waals surface area contributed by atoms with Crippen LogP contribution in [0.25, 0.3) is 0 Å². The third-order valence-corrected chi connectivity index (χ3v) is 3.53. The Labute approximate surface area is 107 Å². The fraction of sp³-hybridized carbons (Fsp3) is 0.667. The second-order valence-electron chi connectivity index (χ2n) is 4.07. The molecule has 1 aliphatic heterocycles. The topological polar surface area (TPSA) is 47.0 Å². The van der Waals surface area contributed by atoms with Gasteiger partial charge in [-0.15, -0.1) is 0 Å². The normalized spacial score (nSPS) is 15.6. The molecule has 17 heavy (non-hydrogen) atoms. The molecule has 0 saturated carbocycles. The zero-order valence-electron chi connectivity index (χ0n) is 10.4. The molecule has 0 atom stereocenters. The molecule has 1 aliphatic rings. The lowest BCUT2D eigenvalue weighted by Crippen LogP contribution is -2.30. The van der Waals surface area contributed by atoms with Gasteiger partial charge in [0.15, 0.2) is 0 Å². The zero-order valence-corrected chi connectivity index (χ0v) is 11.2. The van der Waals surface area contributed by atoms with Gasteiger partial charge in [0.05, 0.1) is 18.5 Å². The van der Waals surface area contributed by atoms with Crippen LogP contribution in [0.3, 0.4) is 0 Å². The zero-order chi connectivity index (χ0) is 12.1. The second kappa shape index (κ2) is 6.21. The van der Waals surface area contributed by atoms with Gasteiger partial charge in [-0.3, -0.25) is 0 Å². The summed E-state index contributed by atoms with van der Waals surface area (Å²) in [4.78, 5) is 9.08. The van der Waals surface area contributed by atoms with Gasteiger partial charge >= 0.3 is 0 Å². The van der Waals surface area contributed by atoms with Gasteiger partial charge in [-0.25, -0.2) is 9.97 Å². The minimum absolute atomic E-state index is 0.564. The van der Waals surface area contributed by atoms with Gasteiger partial charge in [0.1, 0.15) is 16.7 Å². The summed E-state index contributed by atoms with van der Waals surface area (Å²) in [5.41, 5.74) is 0. The first-order valence-electron chi connectivity index (χ1n) is 6.18. The van der Waals surface area contributed by atoms with Crippen molar-refractivity contribution >= 4 is 17.6 Å². The minimum Gasteiger partial charge on any atom is -0.379 e. The number of hydrogen-bond acceptors (Lipinski definition) is 5. The molecule has 1 saturated heterocycles. The minimum atomic E-state index is 0.564. The number of nitrogens with zero attached hydrogens (tertiary/aromatic N) is 2. The Morgan fingerprint density at radius 2 is 2.24 bits per heavy atom. The number of hydrogen-bond donors (Lipinski definition) is 1. The quantitative estimate of drug-likeness (QED) is 0.789. The van der Waals surface area contributed by atoms with Crippen molar-refractivity contribution in [1.29, 1.82) is 0 Å². The van der Waals surface area contributed by atoms with Gasteiger partial charge in [0.25, 0.3) is 0 Å². The highest BCUT2D eigenvalue weighted by atomic mass is 32.2. The van der Waals surface area contributed by atoms with Crippen LogP contribution < -0.4 is 5.32 Å². The van der Waals surface area contributed by atoms with Crippen LogP contribution in [-0.4, -0.2) is 35.0 Å². The molecule has 0 spiro atoms. The van der Waals surface area contributed by atoms with Crippen molar-refractivity contribution in [3.05, 3.63) is 11.9 Å². The Balaban J connectivity index is 2.10. The number of anilines is 1. The van der Waals surface area contributed by atoms with Gasteiger partial charge in [0, 0.05) is 19.0 Å². The van der Waals surface area contributed by atoms with Crippen LogP contribution >= 0.6 is 11.8 Å². The maximum absolute atomic E-state index is 5.18. The summed E-state index contributed by atoms with van der Waals surface area (Å²) in [6.45, 7) is 6.80. The SMILES string of the molecule is CCCc1nc(NCC)cc(SC2COC2)n1. The van der Waals surface area contributed by atoms with Crippen molar-refractivity contribution in [1.82, 2.24) is 9.97 Å². The molecule has 0 bridgehead atoms. The third kappa shape index (κ3) is 3.57. The highest BCUT2D eigenvalue weighted by molar-refractivity contribution is 8.00. The van der Waals surface area contributed by atoms with Crippen LogP contribution in [-0.2, 0) is 11.2 Å². The molecule has 5 heteroatoms. The number of ether oxygens (including phenoxy) is 1. The van der Waals surface area contributed by atoms with Crippen molar-refractivity contribution in [3.8, 4) is 0 Å². The highest BCUT2D eigenvalue weighted by Gasteiger charge is 2.20. The van der Waals surface area contributed by atoms with Gasteiger partial charge < -0.3 is 10.1 Å². The summed E-state index contributed by atoms with van der Waals surface area (Å²) in [5.74, 6) is 1.88. The van der Waals surface area contributed by atoms with E-state index >= 15 is 0 Å². The molecule has 1 aromatic heterocycles. The maximum atomic E-state index is 5.18. The van der Waals surface area contributed by atoms with E-state index in [1.54, 1.807) is 11.8 Å². The fourth-order valence-corrected chi connectivity index (χ4v) is 2.60. The van der Waals surface area contributed by atoms with Crippen molar-refractivity contribution in [2.45, 2.75) is 37.0 Å². The number of nitrogens with one attached hydrogen (secondary N) is 1. The summed E-state index contributed by atoms with van der Waals surface area (Å²) >= 11 is 1.79. The number of aryl methyl sites for hydroxylation is 1. The summed E-state index contributed by atoms with van der Waals surface area (Å²) in [6.07, 6.45) is 2.01. The molecular formula is C12H19N3OS. The van der Waals surface area contributed by atoms with E-state index in [2.05, 4.69) is 29.1 Å². The van der Waals surface area contributed by atoms with E-state index in [0.29, 0.717) is 5.25 Å². The Hall–Kier alpha value is -0.810. The molecule has 94 valence electrons. The molecule has 2 rings (SSSR count). The lowest BCUT2D eigenvalue weighted by molar-refractivity contribution is 0.0454. The second-order valence-corrected chi connectivity index (χ2v) is 5.39. The average Bonchev–Trinajstić information content (AvgIpc) is 2.24. The van der Waals surface area contributed by atoms with E-state index in [9.17, 15) is 0 Å². The summed E-state index contributed by atoms with van der Waals surface area (Å²) in [7, 11) is 0. The molecule has 0 unspecified atom stereocenters. The van der Waals surface area contributed by atoms with E-state index in [-0.39, 0.29) is 0 Å². The lowest BCUT2D eigenvalue weighted by Gasteiger charge is -2.24. The van der Waals surface area contributed by atoms with E-state index in [0.717, 1.165) is 49.3 Å². The van der Waals surface area contributed by atoms with E-state index in [1.165, 1.54) is 0 Å². The van der Waals surface area contributed by atoms with Crippen LogP contribution in [0, 0.1) is 0 Å². The van der Waals surface area contributed by atoms with Crippen LogP contribution in [0.4, 0.5) is 5.82 Å². The van der Waals surface area contributed by atoms with E-state index < -0.39 is 0 Å². The van der Waals surface area contributed by atoms with Gasteiger partial charge in [-0.2, -0.15) is 0 Å². The predicted molar refractivity (Wildman–Crippen MR) is 70.7 cm³/mol. The number of rotatable bonds is 6. The molecule has 0 aromatic carbocycles. The molecule has 0 amide bonds. The summed E-state index contributed by atoms with van der Waals surface area (Å²) in [5, 5.41) is 4.89. The molecule has 1 fully saturated rings. The van der Waals surface area contributed by atoms with Gasteiger partial charge in [-0.1, -0.05) is 18.7 Å². The third-order valence-electron chi connectivity index (χ3n) is 2.48. The Kier molecular flexibility index (Phi) is 4.62. The number of aromatic nitrogens is 2. The smallest absolute Gasteiger partial charge is 0.132 e. The standard InChI is InChI=1S/C12H19N3OS/c1-3-5-10-14-11(13-4-2)6-12(15-10)17-9-7-16-8-9/h6,9H,3-5,7-8H2,1-2H3,(H,13,14,15).